The van der Waals surface area contributed by atoms with Crippen molar-refractivity contribution in [1.29, 1.82) is 0 Å². The van der Waals surface area contributed by atoms with Crippen molar-refractivity contribution in [3.05, 3.63) is 28.7 Å². The van der Waals surface area contributed by atoms with Gasteiger partial charge in [-0.2, -0.15) is 0 Å². The number of benzene rings is 1. The van der Waals surface area contributed by atoms with Crippen LogP contribution in [0.1, 0.15) is 12.8 Å². The van der Waals surface area contributed by atoms with E-state index in [0.29, 0.717) is 36.2 Å². The second-order valence-corrected chi connectivity index (χ2v) is 4.75. The van der Waals surface area contributed by atoms with Crippen molar-refractivity contribution in [2.45, 2.75) is 12.8 Å². The van der Waals surface area contributed by atoms with Crippen molar-refractivity contribution in [2.75, 3.05) is 11.9 Å². The highest BCUT2D eigenvalue weighted by atomic mass is 16.4. The third-order valence-electron chi connectivity index (χ3n) is 3.32. The van der Waals surface area contributed by atoms with Crippen molar-refractivity contribution in [1.82, 2.24) is 10.3 Å². The fraction of sp³-hybridized carbons (Fsp3) is 0.308. The maximum absolute atomic E-state index is 12.1. The quantitative estimate of drug-likeness (QED) is 0.745. The molecule has 2 amide bonds. The lowest BCUT2D eigenvalue weighted by Gasteiger charge is -2.21. The maximum Gasteiger partial charge on any atom is 0.417 e. The van der Waals surface area contributed by atoms with Crippen LogP contribution in [0.5, 0.6) is 0 Å². The predicted molar refractivity (Wildman–Crippen MR) is 71.2 cm³/mol. The van der Waals surface area contributed by atoms with Gasteiger partial charge >= 0.3 is 5.76 Å². The summed E-state index contributed by atoms with van der Waals surface area (Å²) in [6.45, 7) is 0.357. The number of aromatic amines is 1. The van der Waals surface area contributed by atoms with E-state index in [2.05, 4.69) is 15.6 Å². The zero-order valence-electron chi connectivity index (χ0n) is 10.6. The van der Waals surface area contributed by atoms with Gasteiger partial charge in [-0.15, -0.1) is 0 Å². The first-order valence-corrected chi connectivity index (χ1v) is 6.32. The summed E-state index contributed by atoms with van der Waals surface area (Å²) in [5.41, 5.74) is 1.55. The molecule has 2 aromatic rings. The number of carbonyl (C=O) groups excluding carboxylic acids is 2. The van der Waals surface area contributed by atoms with Gasteiger partial charge in [0, 0.05) is 18.7 Å². The monoisotopic (exact) mass is 275 g/mol. The lowest BCUT2D eigenvalue weighted by atomic mass is 9.98. The second-order valence-electron chi connectivity index (χ2n) is 4.75. The van der Waals surface area contributed by atoms with Gasteiger partial charge in [0.2, 0.25) is 11.8 Å². The minimum Gasteiger partial charge on any atom is -0.408 e. The predicted octanol–water partition coefficient (Wildman–Crippen LogP) is 0.586. The summed E-state index contributed by atoms with van der Waals surface area (Å²) in [4.78, 5) is 36.7. The van der Waals surface area contributed by atoms with Crippen LogP contribution in [0.2, 0.25) is 0 Å². The van der Waals surface area contributed by atoms with E-state index in [1.165, 1.54) is 0 Å². The Morgan fingerprint density at radius 1 is 1.35 bits per heavy atom. The van der Waals surface area contributed by atoms with Crippen molar-refractivity contribution in [3.63, 3.8) is 0 Å². The number of carbonyl (C=O) groups is 2. The summed E-state index contributed by atoms with van der Waals surface area (Å²) in [5, 5.41) is 5.44. The van der Waals surface area contributed by atoms with E-state index >= 15 is 0 Å². The molecule has 7 nitrogen and oxygen atoms in total. The van der Waals surface area contributed by atoms with Crippen molar-refractivity contribution < 1.29 is 14.0 Å². The normalized spacial score (nSPS) is 18.8. The second kappa shape index (κ2) is 4.84. The molecule has 0 radical (unpaired) electrons. The first-order chi connectivity index (χ1) is 9.61. The van der Waals surface area contributed by atoms with E-state index in [9.17, 15) is 14.4 Å². The van der Waals surface area contributed by atoms with E-state index in [1.54, 1.807) is 18.2 Å². The Hall–Kier alpha value is -2.57. The van der Waals surface area contributed by atoms with Gasteiger partial charge < -0.3 is 15.1 Å². The molecule has 20 heavy (non-hydrogen) atoms. The van der Waals surface area contributed by atoms with Crippen LogP contribution in [0, 0.1) is 5.92 Å². The van der Waals surface area contributed by atoms with Gasteiger partial charge in [-0.25, -0.2) is 4.79 Å². The first kappa shape index (κ1) is 12.5. The molecule has 0 saturated carbocycles. The van der Waals surface area contributed by atoms with Crippen LogP contribution < -0.4 is 16.4 Å². The number of amides is 2. The molecule has 1 atom stereocenters. The van der Waals surface area contributed by atoms with Gasteiger partial charge in [-0.1, -0.05) is 0 Å². The van der Waals surface area contributed by atoms with Crippen molar-refractivity contribution in [2.24, 2.45) is 5.92 Å². The smallest absolute Gasteiger partial charge is 0.408 e. The van der Waals surface area contributed by atoms with E-state index < -0.39 is 5.76 Å². The average Bonchev–Trinajstić information content (AvgIpc) is 2.78. The number of H-pyrrole nitrogens is 1. The highest BCUT2D eigenvalue weighted by Gasteiger charge is 2.24. The summed E-state index contributed by atoms with van der Waals surface area (Å²) in [5.74, 6) is -0.924. The van der Waals surface area contributed by atoms with Gasteiger partial charge in [0.05, 0.1) is 11.4 Å². The molecule has 1 saturated heterocycles. The topological polar surface area (TPSA) is 104 Å². The Labute approximate surface area is 113 Å². The van der Waals surface area contributed by atoms with Gasteiger partial charge in [-0.05, 0) is 24.6 Å². The molecule has 104 valence electrons. The van der Waals surface area contributed by atoms with Gasteiger partial charge in [0.25, 0.3) is 0 Å². The van der Waals surface area contributed by atoms with E-state index in [0.717, 1.165) is 0 Å². The molecule has 7 heteroatoms. The Balaban J connectivity index is 1.73. The van der Waals surface area contributed by atoms with Crippen LogP contribution in [-0.4, -0.2) is 23.3 Å². The number of hydrogen-bond acceptors (Lipinski definition) is 4. The molecule has 1 aliphatic heterocycles. The number of fused-ring (bicyclic) bond motifs is 1. The van der Waals surface area contributed by atoms with Gasteiger partial charge in [0.1, 0.15) is 0 Å². The SMILES string of the molecule is O=C1CCC(C(=O)Nc2ccc3oc(=O)[nH]c3c2)CN1. The summed E-state index contributed by atoms with van der Waals surface area (Å²) in [7, 11) is 0. The first-order valence-electron chi connectivity index (χ1n) is 6.32. The third kappa shape index (κ3) is 2.42. The summed E-state index contributed by atoms with van der Waals surface area (Å²) in [6.07, 6.45) is 0.911. The average molecular weight is 275 g/mol. The molecule has 1 unspecified atom stereocenters. The number of oxazole rings is 1. The zero-order valence-corrected chi connectivity index (χ0v) is 10.6. The Kier molecular flexibility index (Phi) is 3.02. The van der Waals surface area contributed by atoms with Gasteiger partial charge in [-0.3, -0.25) is 14.6 Å². The third-order valence-corrected chi connectivity index (χ3v) is 3.32. The fourth-order valence-electron chi connectivity index (χ4n) is 2.23. The molecular weight excluding hydrogens is 262 g/mol. The minimum atomic E-state index is -0.529. The molecular formula is C13H13N3O4. The maximum atomic E-state index is 12.1. The van der Waals surface area contributed by atoms with Crippen molar-refractivity contribution in [3.8, 4) is 0 Å². The van der Waals surface area contributed by atoms with E-state index in [4.69, 9.17) is 4.42 Å². The summed E-state index contributed by atoms with van der Waals surface area (Å²) < 4.78 is 4.88. The summed E-state index contributed by atoms with van der Waals surface area (Å²) >= 11 is 0. The molecule has 1 fully saturated rings. The molecule has 0 bridgehead atoms. The summed E-state index contributed by atoms with van der Waals surface area (Å²) in [6, 6.07) is 4.92. The van der Waals surface area contributed by atoms with Crippen LogP contribution in [0.3, 0.4) is 0 Å². The lowest BCUT2D eigenvalue weighted by Crippen LogP contribution is -2.40. The minimum absolute atomic E-state index is 0.0218. The Morgan fingerprint density at radius 3 is 2.95 bits per heavy atom. The van der Waals surface area contributed by atoms with Crippen LogP contribution >= 0.6 is 0 Å². The number of rotatable bonds is 2. The molecule has 1 aliphatic rings. The largest absolute Gasteiger partial charge is 0.417 e. The Bertz CT molecular complexity index is 721. The molecule has 0 aliphatic carbocycles. The van der Waals surface area contributed by atoms with Crippen molar-refractivity contribution >= 4 is 28.6 Å². The molecule has 2 heterocycles. The standard InChI is InChI=1S/C13H13N3O4/c17-11-4-1-7(6-14-11)12(18)15-8-2-3-10-9(5-8)16-13(19)20-10/h2-3,5,7H,1,4,6H2,(H,14,17)(H,15,18)(H,16,19). The van der Waals surface area contributed by atoms with Crippen LogP contribution in [0.25, 0.3) is 11.1 Å². The number of piperidine rings is 1. The molecule has 3 rings (SSSR count). The van der Waals surface area contributed by atoms with E-state index in [-0.39, 0.29) is 17.7 Å². The van der Waals surface area contributed by atoms with Crippen LogP contribution in [0.15, 0.2) is 27.4 Å². The van der Waals surface area contributed by atoms with Crippen LogP contribution in [-0.2, 0) is 9.59 Å². The van der Waals surface area contributed by atoms with Crippen LogP contribution in [0.4, 0.5) is 5.69 Å². The fourth-order valence-corrected chi connectivity index (χ4v) is 2.23. The van der Waals surface area contributed by atoms with Gasteiger partial charge in [0.15, 0.2) is 5.58 Å². The lowest BCUT2D eigenvalue weighted by molar-refractivity contribution is -0.126. The molecule has 1 aromatic carbocycles. The highest BCUT2D eigenvalue weighted by molar-refractivity contribution is 5.95. The zero-order chi connectivity index (χ0) is 14.1. The molecule has 3 N–H and O–H groups in total. The molecule has 0 spiro atoms. The highest BCUT2D eigenvalue weighted by Crippen LogP contribution is 2.18. The number of anilines is 1. The number of aromatic nitrogens is 1. The Morgan fingerprint density at radius 2 is 2.20 bits per heavy atom. The molecule has 1 aromatic heterocycles. The van der Waals surface area contributed by atoms with E-state index in [1.807, 2.05) is 0 Å². The number of hydrogen-bond donors (Lipinski definition) is 3. The number of nitrogens with one attached hydrogen (secondary N) is 3.